The molecule has 1 aromatic heterocycles. The van der Waals surface area contributed by atoms with Crippen molar-refractivity contribution in [1.29, 1.82) is 0 Å². The number of rotatable bonds is 5. The minimum absolute atomic E-state index is 0.816. The molecule has 23 heavy (non-hydrogen) atoms. The summed E-state index contributed by atoms with van der Waals surface area (Å²) in [5.74, 6) is 0.816. The maximum atomic E-state index is 4.73. The van der Waals surface area contributed by atoms with Crippen molar-refractivity contribution in [2.24, 2.45) is 5.92 Å². The molecule has 0 aliphatic carbocycles. The Balaban J connectivity index is 1.61. The fourth-order valence-corrected chi connectivity index (χ4v) is 3.42. The van der Waals surface area contributed by atoms with Crippen LogP contribution in [0.15, 0.2) is 30.3 Å². The highest BCUT2D eigenvalue weighted by Gasteiger charge is 2.17. The maximum absolute atomic E-state index is 4.73. The first-order valence-electron chi connectivity index (χ1n) is 8.65. The third-order valence-corrected chi connectivity index (χ3v) is 5.01. The summed E-state index contributed by atoms with van der Waals surface area (Å²) in [4.78, 5) is 2.43. The predicted molar refractivity (Wildman–Crippen MR) is 95.0 cm³/mol. The van der Waals surface area contributed by atoms with Gasteiger partial charge in [0.1, 0.15) is 0 Å². The van der Waals surface area contributed by atoms with E-state index in [1.54, 1.807) is 0 Å². The summed E-state index contributed by atoms with van der Waals surface area (Å²) in [5.41, 5.74) is 4.84. The predicted octanol–water partition coefficient (Wildman–Crippen LogP) is 2.92. The van der Waals surface area contributed by atoms with E-state index in [1.165, 1.54) is 37.2 Å². The van der Waals surface area contributed by atoms with E-state index < -0.39 is 0 Å². The van der Waals surface area contributed by atoms with Gasteiger partial charge in [0, 0.05) is 17.8 Å². The average molecular weight is 312 g/mol. The Morgan fingerprint density at radius 2 is 1.83 bits per heavy atom. The lowest BCUT2D eigenvalue weighted by Gasteiger charge is -2.29. The largest absolute Gasteiger partial charge is 0.312 e. The Kier molecular flexibility index (Phi) is 5.13. The molecule has 0 amide bonds. The van der Waals surface area contributed by atoms with Crippen molar-refractivity contribution in [3.8, 4) is 5.69 Å². The van der Waals surface area contributed by atoms with E-state index in [2.05, 4.69) is 60.1 Å². The van der Waals surface area contributed by atoms with Crippen LogP contribution < -0.4 is 5.32 Å². The number of aromatic nitrogens is 2. The van der Waals surface area contributed by atoms with Gasteiger partial charge in [-0.25, -0.2) is 4.68 Å². The number of nitrogens with zero attached hydrogens (tertiary/aromatic N) is 3. The highest BCUT2D eigenvalue weighted by molar-refractivity contribution is 5.36. The highest BCUT2D eigenvalue weighted by atomic mass is 15.3. The molecule has 1 fully saturated rings. The van der Waals surface area contributed by atoms with E-state index in [9.17, 15) is 0 Å². The van der Waals surface area contributed by atoms with Gasteiger partial charge in [0.25, 0.3) is 0 Å². The number of hydrogen-bond acceptors (Lipinski definition) is 3. The van der Waals surface area contributed by atoms with Crippen LogP contribution >= 0.6 is 0 Å². The molecular formula is C19H28N4. The van der Waals surface area contributed by atoms with E-state index in [-0.39, 0.29) is 0 Å². The van der Waals surface area contributed by atoms with Crippen LogP contribution in [0.3, 0.4) is 0 Å². The molecule has 0 bridgehead atoms. The van der Waals surface area contributed by atoms with Crippen molar-refractivity contribution in [2.45, 2.75) is 33.2 Å². The summed E-state index contributed by atoms with van der Waals surface area (Å²) in [7, 11) is 2.22. The van der Waals surface area contributed by atoms with Crippen LogP contribution in [0.25, 0.3) is 5.69 Å². The molecule has 1 aliphatic rings. The molecular weight excluding hydrogens is 284 g/mol. The number of likely N-dealkylation sites (tertiary alicyclic amines) is 1. The van der Waals surface area contributed by atoms with Gasteiger partial charge in [0.15, 0.2) is 0 Å². The summed E-state index contributed by atoms with van der Waals surface area (Å²) in [6.07, 6.45) is 2.62. The Bertz CT molecular complexity index is 624. The Morgan fingerprint density at radius 3 is 2.52 bits per heavy atom. The molecule has 4 heteroatoms. The fraction of sp³-hybridized carbons (Fsp3) is 0.526. The van der Waals surface area contributed by atoms with Crippen LogP contribution in [0.1, 0.15) is 29.8 Å². The number of hydrogen-bond donors (Lipinski definition) is 1. The summed E-state index contributed by atoms with van der Waals surface area (Å²) < 4.78 is 2.06. The van der Waals surface area contributed by atoms with Crippen LogP contribution in [0.2, 0.25) is 0 Å². The van der Waals surface area contributed by atoms with Gasteiger partial charge < -0.3 is 10.2 Å². The molecule has 0 spiro atoms. The first-order valence-corrected chi connectivity index (χ1v) is 8.65. The lowest BCUT2D eigenvalue weighted by molar-refractivity contribution is 0.216. The monoisotopic (exact) mass is 312 g/mol. The zero-order valence-electron chi connectivity index (χ0n) is 14.5. The Morgan fingerprint density at radius 1 is 1.13 bits per heavy atom. The lowest BCUT2D eigenvalue weighted by Crippen LogP contribution is -2.34. The van der Waals surface area contributed by atoms with Gasteiger partial charge in [-0.1, -0.05) is 18.2 Å². The fourth-order valence-electron chi connectivity index (χ4n) is 3.42. The molecule has 0 atom stereocenters. The van der Waals surface area contributed by atoms with E-state index in [1.807, 2.05) is 6.07 Å². The van der Waals surface area contributed by atoms with Crippen molar-refractivity contribution in [3.05, 3.63) is 47.3 Å². The third kappa shape index (κ3) is 3.82. The summed E-state index contributed by atoms with van der Waals surface area (Å²) in [6, 6.07) is 10.4. The summed E-state index contributed by atoms with van der Waals surface area (Å²) >= 11 is 0. The zero-order chi connectivity index (χ0) is 16.2. The lowest BCUT2D eigenvalue weighted by atomic mass is 9.97. The maximum Gasteiger partial charge on any atom is 0.0648 e. The molecule has 0 radical (unpaired) electrons. The van der Waals surface area contributed by atoms with Crippen LogP contribution in [-0.2, 0) is 6.54 Å². The standard InChI is InChI=1S/C19H28N4/c1-15-19(14-20-13-17-9-11-22(3)12-10-17)16(2)23(21-15)18-7-5-4-6-8-18/h4-8,17,20H,9-14H2,1-3H3. The first kappa shape index (κ1) is 16.2. The minimum atomic E-state index is 0.816. The van der Waals surface area contributed by atoms with Crippen molar-refractivity contribution in [1.82, 2.24) is 20.0 Å². The normalized spacial score (nSPS) is 16.8. The smallest absolute Gasteiger partial charge is 0.0648 e. The van der Waals surface area contributed by atoms with Crippen molar-refractivity contribution < 1.29 is 0 Å². The van der Waals surface area contributed by atoms with Gasteiger partial charge in [-0.05, 0) is 71.4 Å². The number of piperidine rings is 1. The molecule has 0 saturated carbocycles. The van der Waals surface area contributed by atoms with Gasteiger partial charge in [0.2, 0.25) is 0 Å². The van der Waals surface area contributed by atoms with Gasteiger partial charge in [-0.2, -0.15) is 5.10 Å². The Hall–Kier alpha value is -1.65. The molecule has 2 aromatic rings. The highest BCUT2D eigenvalue weighted by Crippen LogP contribution is 2.19. The van der Waals surface area contributed by atoms with Crippen LogP contribution in [-0.4, -0.2) is 41.4 Å². The van der Waals surface area contributed by atoms with Crippen LogP contribution in [0, 0.1) is 19.8 Å². The second kappa shape index (κ2) is 7.28. The molecule has 124 valence electrons. The van der Waals surface area contributed by atoms with E-state index in [4.69, 9.17) is 5.10 Å². The topological polar surface area (TPSA) is 33.1 Å². The third-order valence-electron chi connectivity index (χ3n) is 5.01. The van der Waals surface area contributed by atoms with Crippen LogP contribution in [0.4, 0.5) is 0 Å². The number of para-hydroxylation sites is 1. The molecule has 1 saturated heterocycles. The second-order valence-electron chi connectivity index (χ2n) is 6.77. The number of nitrogens with one attached hydrogen (secondary N) is 1. The Labute approximate surface area is 139 Å². The summed E-state index contributed by atoms with van der Waals surface area (Å²) in [5, 5.41) is 8.39. The SMILES string of the molecule is Cc1nn(-c2ccccc2)c(C)c1CNCC1CCN(C)CC1. The number of aryl methyl sites for hydroxylation is 1. The summed E-state index contributed by atoms with van der Waals surface area (Å²) in [6.45, 7) is 8.77. The van der Waals surface area contributed by atoms with Crippen LogP contribution in [0.5, 0.6) is 0 Å². The quantitative estimate of drug-likeness (QED) is 0.921. The van der Waals surface area contributed by atoms with E-state index in [0.29, 0.717) is 0 Å². The number of benzene rings is 1. The van der Waals surface area contributed by atoms with Gasteiger partial charge in [0.05, 0.1) is 11.4 Å². The van der Waals surface area contributed by atoms with Crippen molar-refractivity contribution >= 4 is 0 Å². The molecule has 0 unspecified atom stereocenters. The van der Waals surface area contributed by atoms with E-state index >= 15 is 0 Å². The average Bonchev–Trinajstić information content (AvgIpc) is 2.85. The molecule has 3 rings (SSSR count). The zero-order valence-corrected chi connectivity index (χ0v) is 14.5. The van der Waals surface area contributed by atoms with Gasteiger partial charge in [-0.15, -0.1) is 0 Å². The second-order valence-corrected chi connectivity index (χ2v) is 6.77. The van der Waals surface area contributed by atoms with Crippen molar-refractivity contribution in [2.75, 3.05) is 26.7 Å². The minimum Gasteiger partial charge on any atom is -0.312 e. The van der Waals surface area contributed by atoms with E-state index in [0.717, 1.165) is 30.4 Å². The molecule has 2 heterocycles. The van der Waals surface area contributed by atoms with Crippen molar-refractivity contribution in [3.63, 3.8) is 0 Å². The van der Waals surface area contributed by atoms with Gasteiger partial charge >= 0.3 is 0 Å². The molecule has 1 aliphatic heterocycles. The molecule has 4 nitrogen and oxygen atoms in total. The van der Waals surface area contributed by atoms with Gasteiger partial charge in [-0.3, -0.25) is 0 Å². The molecule has 1 N–H and O–H groups in total. The first-order chi connectivity index (χ1) is 11.1. The molecule has 1 aromatic carbocycles.